The van der Waals surface area contributed by atoms with E-state index in [4.69, 9.17) is 5.14 Å². The Morgan fingerprint density at radius 1 is 1.20 bits per heavy atom. The van der Waals surface area contributed by atoms with Crippen LogP contribution < -0.4 is 9.86 Å². The third kappa shape index (κ3) is 2.95. The summed E-state index contributed by atoms with van der Waals surface area (Å²) in [7, 11) is -8.16. The first-order valence-electron chi connectivity index (χ1n) is 5.05. The monoisotopic (exact) mass is 320 g/mol. The van der Waals surface area contributed by atoms with E-state index in [1.54, 1.807) is 0 Å². The molecule has 108 valence electrons. The third-order valence-corrected chi connectivity index (χ3v) is 4.51. The molecule has 4 N–H and O–H groups in total. The van der Waals surface area contributed by atoms with E-state index >= 15 is 0 Å². The number of aromatic amines is 1. The highest BCUT2D eigenvalue weighted by Crippen LogP contribution is 2.20. The highest BCUT2D eigenvalue weighted by Gasteiger charge is 2.18. The molecule has 1 aromatic heterocycles. The number of H-pyrrole nitrogens is 1. The minimum atomic E-state index is -4.21. The van der Waals surface area contributed by atoms with E-state index in [0.29, 0.717) is 6.07 Å². The second-order valence-corrected chi connectivity index (χ2v) is 6.90. The minimum absolute atomic E-state index is 0.149. The molecule has 1 aromatic carbocycles. The smallest absolute Gasteiger partial charge is 0.278 e. The molecule has 20 heavy (non-hydrogen) atoms. The van der Waals surface area contributed by atoms with Gasteiger partial charge in [-0.25, -0.2) is 17.9 Å². The lowest BCUT2D eigenvalue weighted by Crippen LogP contribution is -2.16. The van der Waals surface area contributed by atoms with Crippen LogP contribution in [0.25, 0.3) is 0 Å². The zero-order valence-electron chi connectivity index (χ0n) is 9.74. The Hall–Kier alpha value is -1.98. The lowest BCUT2D eigenvalue weighted by molar-refractivity contribution is 0.568. The average Bonchev–Trinajstić information content (AvgIpc) is 2.80. The number of nitrogens with zero attached hydrogens (tertiary/aromatic N) is 1. The van der Waals surface area contributed by atoms with Gasteiger partial charge in [-0.3, -0.25) is 9.82 Å². The van der Waals surface area contributed by atoms with Crippen molar-refractivity contribution in [3.63, 3.8) is 0 Å². The first-order valence-corrected chi connectivity index (χ1v) is 8.08. The number of sulfonamides is 2. The molecule has 11 heteroatoms. The van der Waals surface area contributed by atoms with Gasteiger partial charge in [-0.15, -0.1) is 0 Å². The van der Waals surface area contributed by atoms with Crippen LogP contribution in [0.1, 0.15) is 0 Å². The summed E-state index contributed by atoms with van der Waals surface area (Å²) >= 11 is 0. The fraction of sp³-hybridized carbons (Fsp3) is 0. The number of nitrogens with two attached hydrogens (primary N) is 1. The second-order valence-electron chi connectivity index (χ2n) is 3.72. The number of rotatable bonds is 4. The van der Waals surface area contributed by atoms with E-state index in [9.17, 15) is 21.2 Å². The molecule has 0 unspecified atom stereocenters. The van der Waals surface area contributed by atoms with Gasteiger partial charge in [-0.1, -0.05) is 0 Å². The third-order valence-electron chi connectivity index (χ3n) is 2.26. The first kappa shape index (κ1) is 14.4. The molecule has 0 radical (unpaired) electrons. The van der Waals surface area contributed by atoms with Crippen molar-refractivity contribution in [3.05, 3.63) is 36.3 Å². The van der Waals surface area contributed by atoms with E-state index in [0.717, 1.165) is 12.1 Å². The summed E-state index contributed by atoms with van der Waals surface area (Å²) < 4.78 is 61.3. The van der Waals surface area contributed by atoms with Crippen LogP contribution in [0.5, 0.6) is 0 Å². The topological polar surface area (TPSA) is 135 Å². The number of benzene rings is 1. The van der Waals surface area contributed by atoms with Crippen LogP contribution in [-0.2, 0) is 20.0 Å². The molecule has 0 saturated heterocycles. The molecule has 0 amide bonds. The molecule has 2 aromatic rings. The van der Waals surface area contributed by atoms with Crippen molar-refractivity contribution in [2.75, 3.05) is 4.72 Å². The fourth-order valence-electron chi connectivity index (χ4n) is 1.40. The molecule has 0 saturated carbocycles. The highest BCUT2D eigenvalue weighted by molar-refractivity contribution is 7.92. The maximum Gasteiger partial charge on any atom is 0.278 e. The number of halogens is 1. The minimum Gasteiger partial charge on any atom is -0.278 e. The first-order chi connectivity index (χ1) is 9.20. The molecule has 0 aliphatic heterocycles. The van der Waals surface area contributed by atoms with Gasteiger partial charge in [0.1, 0.15) is 10.7 Å². The van der Waals surface area contributed by atoms with Gasteiger partial charge in [-0.2, -0.15) is 13.5 Å². The van der Waals surface area contributed by atoms with Gasteiger partial charge in [0.2, 0.25) is 10.0 Å². The van der Waals surface area contributed by atoms with Gasteiger partial charge in [0.15, 0.2) is 5.03 Å². The molecule has 0 atom stereocenters. The van der Waals surface area contributed by atoms with Crippen LogP contribution >= 0.6 is 0 Å². The standard InChI is InChI=1S/C9H9FN4O4S2/c10-7-5-6(1-2-8(7)19(11,15)16)14-20(17,18)9-3-4-12-13-9/h1-5,14H,(H,12,13)(H2,11,15,16). The van der Waals surface area contributed by atoms with Crippen molar-refractivity contribution in [2.45, 2.75) is 9.92 Å². The Labute approximate surface area is 113 Å². The van der Waals surface area contributed by atoms with Crippen molar-refractivity contribution in [3.8, 4) is 0 Å². The second kappa shape index (κ2) is 4.85. The zero-order chi connectivity index (χ0) is 15.0. The molecule has 0 bridgehead atoms. The molecule has 2 rings (SSSR count). The molecule has 0 spiro atoms. The summed E-state index contributed by atoms with van der Waals surface area (Å²) in [6.45, 7) is 0. The summed E-state index contributed by atoms with van der Waals surface area (Å²) in [6.07, 6.45) is 1.24. The van der Waals surface area contributed by atoms with Crippen LogP contribution in [0.2, 0.25) is 0 Å². The van der Waals surface area contributed by atoms with Crippen molar-refractivity contribution in [1.82, 2.24) is 10.2 Å². The van der Waals surface area contributed by atoms with E-state index in [1.165, 1.54) is 12.3 Å². The Morgan fingerprint density at radius 2 is 1.90 bits per heavy atom. The van der Waals surface area contributed by atoms with Crippen molar-refractivity contribution < 1.29 is 21.2 Å². The number of hydrogen-bond acceptors (Lipinski definition) is 5. The Kier molecular flexibility index (Phi) is 3.50. The number of anilines is 1. The summed E-state index contributed by atoms with van der Waals surface area (Å²) in [5.41, 5.74) is -0.149. The molecule has 8 nitrogen and oxygen atoms in total. The van der Waals surface area contributed by atoms with Crippen molar-refractivity contribution in [1.29, 1.82) is 0 Å². The molecule has 0 aliphatic carbocycles. The van der Waals surface area contributed by atoms with Crippen LogP contribution in [0.3, 0.4) is 0 Å². The molecule has 0 fully saturated rings. The summed E-state index contributed by atoms with van der Waals surface area (Å²) in [6, 6.07) is 3.87. The van der Waals surface area contributed by atoms with Gasteiger partial charge in [0.05, 0.1) is 11.9 Å². The van der Waals surface area contributed by atoms with Gasteiger partial charge < -0.3 is 0 Å². The Morgan fingerprint density at radius 3 is 2.40 bits per heavy atom. The number of hydrogen-bond donors (Lipinski definition) is 3. The number of aromatic nitrogens is 2. The summed E-state index contributed by atoms with van der Waals surface area (Å²) in [5.74, 6) is -1.16. The van der Waals surface area contributed by atoms with Crippen LogP contribution in [0.15, 0.2) is 40.4 Å². The maximum atomic E-state index is 13.5. The normalized spacial score (nSPS) is 12.3. The van der Waals surface area contributed by atoms with E-state index in [1.807, 2.05) is 0 Å². The van der Waals surface area contributed by atoms with E-state index < -0.39 is 30.8 Å². The lowest BCUT2D eigenvalue weighted by atomic mass is 10.3. The molecule has 0 aliphatic rings. The van der Waals surface area contributed by atoms with Crippen molar-refractivity contribution in [2.24, 2.45) is 5.14 Å². The summed E-state index contributed by atoms with van der Waals surface area (Å²) in [5, 5.41) is 10.3. The Balaban J connectivity index is 2.35. The van der Waals surface area contributed by atoms with Gasteiger partial charge >= 0.3 is 0 Å². The largest absolute Gasteiger partial charge is 0.278 e. The van der Waals surface area contributed by atoms with Gasteiger partial charge in [-0.05, 0) is 24.3 Å². The van der Waals surface area contributed by atoms with E-state index in [2.05, 4.69) is 14.9 Å². The summed E-state index contributed by atoms with van der Waals surface area (Å²) in [4.78, 5) is -0.720. The molecule has 1 heterocycles. The van der Waals surface area contributed by atoms with Crippen LogP contribution in [0.4, 0.5) is 10.1 Å². The van der Waals surface area contributed by atoms with E-state index in [-0.39, 0.29) is 10.7 Å². The number of nitrogens with one attached hydrogen (secondary N) is 2. The zero-order valence-corrected chi connectivity index (χ0v) is 11.4. The highest BCUT2D eigenvalue weighted by atomic mass is 32.2. The van der Waals surface area contributed by atoms with Crippen molar-refractivity contribution >= 4 is 25.7 Å². The van der Waals surface area contributed by atoms with Crippen LogP contribution in [-0.4, -0.2) is 27.0 Å². The predicted molar refractivity (Wildman–Crippen MR) is 67.2 cm³/mol. The maximum absolute atomic E-state index is 13.5. The SMILES string of the molecule is NS(=O)(=O)c1ccc(NS(=O)(=O)c2ccn[nH]2)cc1F. The molecular formula is C9H9FN4O4S2. The lowest BCUT2D eigenvalue weighted by Gasteiger charge is -2.07. The van der Waals surface area contributed by atoms with Crippen LogP contribution in [0, 0.1) is 5.82 Å². The Bertz CT molecular complexity index is 831. The average molecular weight is 320 g/mol. The number of primary sulfonamides is 1. The van der Waals surface area contributed by atoms with Gasteiger partial charge in [0.25, 0.3) is 10.0 Å². The quantitative estimate of drug-likeness (QED) is 0.728. The molecular weight excluding hydrogens is 311 g/mol. The fourth-order valence-corrected chi connectivity index (χ4v) is 2.95. The van der Waals surface area contributed by atoms with Gasteiger partial charge in [0, 0.05) is 0 Å². The predicted octanol–water partition coefficient (Wildman–Crippen LogP) is -0.00300.